The van der Waals surface area contributed by atoms with E-state index in [1.54, 1.807) is 0 Å². The number of aryl methyl sites for hydroxylation is 4. The molecule has 2 heterocycles. The van der Waals surface area contributed by atoms with Gasteiger partial charge in [-0.05, 0) is 19.3 Å². The first-order valence-corrected chi connectivity index (χ1v) is 8.28. The molecule has 4 heteroatoms. The highest BCUT2D eigenvalue weighted by Gasteiger charge is 2.29. The summed E-state index contributed by atoms with van der Waals surface area (Å²) in [5.74, 6) is 2.59. The van der Waals surface area contributed by atoms with Crippen LogP contribution in [0.25, 0.3) is 11.6 Å². The first kappa shape index (κ1) is 15.8. The zero-order valence-electron chi connectivity index (χ0n) is 14.0. The van der Waals surface area contributed by atoms with Crippen LogP contribution >= 0.6 is 0 Å². The van der Waals surface area contributed by atoms with Crippen LogP contribution in [0.2, 0.25) is 0 Å². The third-order valence-corrected chi connectivity index (χ3v) is 4.07. The summed E-state index contributed by atoms with van der Waals surface area (Å²) < 4.78 is 9.23. The molecule has 0 radical (unpaired) electrons. The molecule has 0 unspecified atom stereocenters. The first-order chi connectivity index (χ1) is 10.2. The summed E-state index contributed by atoms with van der Waals surface area (Å²) >= 11 is 0. The number of rotatable bonds is 8. The van der Waals surface area contributed by atoms with Gasteiger partial charge < -0.3 is 0 Å². The van der Waals surface area contributed by atoms with Crippen LogP contribution in [0.4, 0.5) is 0 Å². The first-order valence-electron chi connectivity index (χ1n) is 8.28. The molecule has 0 aromatic carbocycles. The molecule has 0 amide bonds. The minimum Gasteiger partial charge on any atom is -0.226 e. The molecule has 2 rings (SSSR count). The summed E-state index contributed by atoms with van der Waals surface area (Å²) in [6.07, 6.45) is 15.1. The minimum atomic E-state index is 1.07. The Morgan fingerprint density at radius 1 is 0.762 bits per heavy atom. The van der Waals surface area contributed by atoms with Crippen molar-refractivity contribution in [3.63, 3.8) is 0 Å². The Balaban J connectivity index is 2.27. The highest BCUT2D eigenvalue weighted by atomic mass is 15.2. The van der Waals surface area contributed by atoms with Gasteiger partial charge in [0, 0.05) is 0 Å². The van der Waals surface area contributed by atoms with E-state index < -0.39 is 0 Å². The van der Waals surface area contributed by atoms with Crippen LogP contribution < -0.4 is 9.13 Å². The van der Waals surface area contributed by atoms with E-state index in [-0.39, 0.29) is 0 Å². The van der Waals surface area contributed by atoms with Crippen LogP contribution in [0.15, 0.2) is 24.8 Å². The number of nitrogens with zero attached hydrogens (tertiary/aromatic N) is 4. The van der Waals surface area contributed by atoms with E-state index in [1.165, 1.54) is 37.3 Å². The molecule has 0 N–H and O–H groups in total. The van der Waals surface area contributed by atoms with Crippen molar-refractivity contribution < 1.29 is 9.13 Å². The van der Waals surface area contributed by atoms with Crippen molar-refractivity contribution in [3.8, 4) is 11.6 Å². The Morgan fingerprint density at radius 2 is 1.33 bits per heavy atom. The van der Waals surface area contributed by atoms with Crippen LogP contribution in [-0.2, 0) is 27.2 Å². The molecule has 0 fully saturated rings. The van der Waals surface area contributed by atoms with Crippen molar-refractivity contribution in [2.45, 2.75) is 59.0 Å². The predicted octanol–water partition coefficient (Wildman–Crippen LogP) is 2.60. The minimum absolute atomic E-state index is 1.07. The molecule has 0 saturated carbocycles. The number of hydrogen-bond acceptors (Lipinski definition) is 0. The maximum Gasteiger partial charge on any atom is 0.373 e. The second-order valence-corrected chi connectivity index (χ2v) is 5.91. The van der Waals surface area contributed by atoms with Crippen molar-refractivity contribution in [2.24, 2.45) is 14.1 Å². The monoisotopic (exact) mass is 290 g/mol. The molecule has 0 saturated heterocycles. The predicted molar refractivity (Wildman–Crippen MR) is 84.6 cm³/mol. The van der Waals surface area contributed by atoms with Gasteiger partial charge in [-0.25, -0.2) is 18.3 Å². The lowest BCUT2D eigenvalue weighted by molar-refractivity contribution is -0.690. The molecule has 0 aliphatic rings. The Hall–Kier alpha value is -1.58. The summed E-state index contributed by atoms with van der Waals surface area (Å²) in [7, 11) is 4.27. The van der Waals surface area contributed by atoms with Crippen LogP contribution in [-0.4, -0.2) is 9.13 Å². The fourth-order valence-corrected chi connectivity index (χ4v) is 2.93. The van der Waals surface area contributed by atoms with Gasteiger partial charge in [-0.15, -0.1) is 0 Å². The third-order valence-electron chi connectivity index (χ3n) is 4.07. The molecular weight excluding hydrogens is 260 g/mol. The molecule has 2 aromatic rings. The number of imidazole rings is 2. The van der Waals surface area contributed by atoms with E-state index in [4.69, 9.17) is 0 Å². The second-order valence-electron chi connectivity index (χ2n) is 5.91. The normalized spacial score (nSPS) is 11.2. The van der Waals surface area contributed by atoms with E-state index in [0.29, 0.717) is 0 Å². The molecule has 0 bridgehead atoms. The maximum atomic E-state index is 2.40. The number of aromatic nitrogens is 4. The highest BCUT2D eigenvalue weighted by Crippen LogP contribution is 2.14. The number of unbranched alkanes of at least 4 members (excludes halogenated alkanes) is 3. The zero-order chi connectivity index (χ0) is 15.2. The van der Waals surface area contributed by atoms with Crippen molar-refractivity contribution in [1.29, 1.82) is 0 Å². The third kappa shape index (κ3) is 3.55. The smallest absolute Gasteiger partial charge is 0.226 e. The van der Waals surface area contributed by atoms with Gasteiger partial charge in [0.2, 0.25) is 0 Å². The topological polar surface area (TPSA) is 17.6 Å². The second kappa shape index (κ2) is 7.43. The van der Waals surface area contributed by atoms with Gasteiger partial charge in [-0.3, -0.25) is 0 Å². The van der Waals surface area contributed by atoms with Crippen molar-refractivity contribution in [1.82, 2.24) is 9.13 Å². The Bertz CT molecular complexity index is 565. The molecule has 0 atom stereocenters. The van der Waals surface area contributed by atoms with Gasteiger partial charge in [0.25, 0.3) is 0 Å². The van der Waals surface area contributed by atoms with E-state index in [1.807, 2.05) is 0 Å². The zero-order valence-corrected chi connectivity index (χ0v) is 14.0. The molecule has 0 aliphatic carbocycles. The molecule has 0 spiro atoms. The van der Waals surface area contributed by atoms with E-state index in [0.717, 1.165) is 19.5 Å². The summed E-state index contributed by atoms with van der Waals surface area (Å²) in [5, 5.41) is 0. The molecule has 4 nitrogen and oxygen atoms in total. The summed E-state index contributed by atoms with van der Waals surface area (Å²) in [6.45, 7) is 6.66. The average Bonchev–Trinajstić information content (AvgIpc) is 2.99. The largest absolute Gasteiger partial charge is 0.373 e. The fraction of sp³-hybridized carbons (Fsp3) is 0.647. The Kier molecular flexibility index (Phi) is 5.59. The maximum absolute atomic E-state index is 2.40. The molecular formula is C17H30N4+2. The van der Waals surface area contributed by atoms with Crippen LogP contribution in [0.1, 0.15) is 46.0 Å². The molecule has 21 heavy (non-hydrogen) atoms. The lowest BCUT2D eigenvalue weighted by Gasteiger charge is -2.03. The van der Waals surface area contributed by atoms with Gasteiger partial charge in [-0.1, -0.05) is 26.7 Å². The quantitative estimate of drug-likeness (QED) is 0.525. The lowest BCUT2D eigenvalue weighted by atomic mass is 10.2. The van der Waals surface area contributed by atoms with Gasteiger partial charge >= 0.3 is 11.6 Å². The van der Waals surface area contributed by atoms with Crippen LogP contribution in [0.5, 0.6) is 0 Å². The molecule has 116 valence electrons. The van der Waals surface area contributed by atoms with Gasteiger partial charge in [0.1, 0.15) is 24.8 Å². The van der Waals surface area contributed by atoms with Crippen LogP contribution in [0.3, 0.4) is 0 Å². The average molecular weight is 290 g/mol. The Labute approximate surface area is 128 Å². The number of hydrogen-bond donors (Lipinski definition) is 0. The molecule has 2 aromatic heterocycles. The van der Waals surface area contributed by atoms with E-state index in [9.17, 15) is 0 Å². The Morgan fingerprint density at radius 3 is 1.86 bits per heavy atom. The SMILES string of the molecule is CCCCCCn1cc[n+](C)c1-c1n(CCC)cc[n+]1C. The lowest BCUT2D eigenvalue weighted by Crippen LogP contribution is -2.38. The van der Waals surface area contributed by atoms with Gasteiger partial charge in [0.15, 0.2) is 0 Å². The van der Waals surface area contributed by atoms with Crippen molar-refractivity contribution in [2.75, 3.05) is 0 Å². The summed E-state index contributed by atoms with van der Waals surface area (Å²) in [4.78, 5) is 0. The van der Waals surface area contributed by atoms with E-state index in [2.05, 4.69) is 71.0 Å². The fourth-order valence-electron chi connectivity index (χ4n) is 2.93. The summed E-state index contributed by atoms with van der Waals surface area (Å²) in [6, 6.07) is 0. The standard InChI is InChI=1S/C17H30N4/c1-5-7-8-9-11-21-15-13-19(4)17(21)16-18(3)12-14-20(16)10-6-2/h12-15H,5-11H2,1-4H3/q+2. The van der Waals surface area contributed by atoms with E-state index >= 15 is 0 Å². The van der Waals surface area contributed by atoms with Gasteiger partial charge in [0.05, 0.1) is 27.2 Å². The van der Waals surface area contributed by atoms with Crippen molar-refractivity contribution in [3.05, 3.63) is 24.8 Å². The molecule has 0 aliphatic heterocycles. The van der Waals surface area contributed by atoms with Crippen molar-refractivity contribution >= 4 is 0 Å². The summed E-state index contributed by atoms with van der Waals surface area (Å²) in [5.41, 5.74) is 0. The highest BCUT2D eigenvalue weighted by molar-refractivity contribution is 5.36. The van der Waals surface area contributed by atoms with Gasteiger partial charge in [-0.2, -0.15) is 0 Å². The van der Waals surface area contributed by atoms with Crippen LogP contribution in [0, 0.1) is 0 Å².